The summed E-state index contributed by atoms with van der Waals surface area (Å²) in [5.41, 5.74) is 6.62. The van der Waals surface area contributed by atoms with E-state index in [9.17, 15) is 4.39 Å². The van der Waals surface area contributed by atoms with Gasteiger partial charge in [0.05, 0.1) is 0 Å². The van der Waals surface area contributed by atoms with Gasteiger partial charge >= 0.3 is 0 Å². The van der Waals surface area contributed by atoms with Gasteiger partial charge in [-0.25, -0.2) is 4.39 Å². The van der Waals surface area contributed by atoms with E-state index in [0.29, 0.717) is 5.75 Å². The highest BCUT2D eigenvalue weighted by molar-refractivity contribution is 5.29. The number of benzene rings is 1. The number of hydrogen-bond acceptors (Lipinski definition) is 2. The summed E-state index contributed by atoms with van der Waals surface area (Å²) >= 11 is 0. The highest BCUT2D eigenvalue weighted by atomic mass is 19.1. The molecule has 76 valence electrons. The topological polar surface area (TPSA) is 35.2 Å². The van der Waals surface area contributed by atoms with Crippen molar-refractivity contribution in [3.05, 3.63) is 29.6 Å². The first-order valence-electron chi connectivity index (χ1n) is 4.83. The average Bonchev–Trinajstić information content (AvgIpc) is 2.09. The Morgan fingerprint density at radius 1 is 1.43 bits per heavy atom. The van der Waals surface area contributed by atoms with Crippen LogP contribution in [0.25, 0.3) is 0 Å². The zero-order chi connectivity index (χ0) is 10.1. The summed E-state index contributed by atoms with van der Waals surface area (Å²) in [7, 11) is 0. The summed E-state index contributed by atoms with van der Waals surface area (Å²) in [6.07, 6.45) is 1.75. The molecule has 0 aromatic heterocycles. The van der Waals surface area contributed by atoms with Crippen molar-refractivity contribution in [3.63, 3.8) is 0 Å². The molecule has 1 aliphatic carbocycles. The minimum absolute atomic E-state index is 0.0984. The quantitative estimate of drug-likeness (QED) is 0.783. The second-order valence-corrected chi connectivity index (χ2v) is 3.91. The third kappa shape index (κ3) is 1.87. The van der Waals surface area contributed by atoms with Gasteiger partial charge in [-0.3, -0.25) is 0 Å². The molecule has 1 aromatic carbocycles. The normalized spacial score (nSPS) is 25.6. The van der Waals surface area contributed by atoms with Gasteiger partial charge < -0.3 is 10.5 Å². The first kappa shape index (κ1) is 9.46. The molecular weight excluding hydrogens is 181 g/mol. The van der Waals surface area contributed by atoms with E-state index in [-0.39, 0.29) is 18.0 Å². The van der Waals surface area contributed by atoms with Crippen LogP contribution in [-0.4, -0.2) is 12.1 Å². The summed E-state index contributed by atoms with van der Waals surface area (Å²) in [5.74, 6) is 0.0537. The number of aryl methyl sites for hydroxylation is 1. The summed E-state index contributed by atoms with van der Waals surface area (Å²) in [6, 6.07) is 5.12. The highest BCUT2D eigenvalue weighted by Crippen LogP contribution is 2.26. The number of hydrogen-bond donors (Lipinski definition) is 1. The number of nitrogens with two attached hydrogens (primary N) is 1. The predicted molar refractivity (Wildman–Crippen MR) is 52.8 cm³/mol. The molecule has 0 bridgehead atoms. The van der Waals surface area contributed by atoms with Crippen LogP contribution in [0.2, 0.25) is 0 Å². The molecule has 0 radical (unpaired) electrons. The van der Waals surface area contributed by atoms with Gasteiger partial charge in [-0.15, -0.1) is 0 Å². The second kappa shape index (κ2) is 3.58. The predicted octanol–water partition coefficient (Wildman–Crippen LogP) is 2.00. The van der Waals surface area contributed by atoms with Gasteiger partial charge in [-0.05, 0) is 37.5 Å². The molecule has 3 heteroatoms. The van der Waals surface area contributed by atoms with Crippen LogP contribution >= 0.6 is 0 Å². The van der Waals surface area contributed by atoms with Gasteiger partial charge in [0.1, 0.15) is 6.10 Å². The Morgan fingerprint density at radius 2 is 2.14 bits per heavy atom. The molecule has 2 rings (SSSR count). The van der Waals surface area contributed by atoms with E-state index in [4.69, 9.17) is 10.5 Å². The molecule has 2 nitrogen and oxygen atoms in total. The van der Waals surface area contributed by atoms with Crippen LogP contribution in [0.3, 0.4) is 0 Å². The van der Waals surface area contributed by atoms with Crippen molar-refractivity contribution in [2.75, 3.05) is 0 Å². The molecule has 1 aliphatic rings. The van der Waals surface area contributed by atoms with Crippen LogP contribution < -0.4 is 10.5 Å². The number of rotatable bonds is 2. The van der Waals surface area contributed by atoms with Crippen LogP contribution in [0.5, 0.6) is 5.75 Å². The van der Waals surface area contributed by atoms with E-state index in [1.807, 2.05) is 6.92 Å². The van der Waals surface area contributed by atoms with Crippen molar-refractivity contribution in [2.24, 2.45) is 5.73 Å². The van der Waals surface area contributed by atoms with Gasteiger partial charge in [0.15, 0.2) is 11.6 Å². The third-order valence-electron chi connectivity index (χ3n) is 2.51. The van der Waals surface area contributed by atoms with Crippen LogP contribution in [0.15, 0.2) is 18.2 Å². The fourth-order valence-corrected chi connectivity index (χ4v) is 1.58. The zero-order valence-electron chi connectivity index (χ0n) is 8.16. The van der Waals surface area contributed by atoms with Crippen molar-refractivity contribution in [3.8, 4) is 5.75 Å². The second-order valence-electron chi connectivity index (χ2n) is 3.91. The average molecular weight is 195 g/mol. The standard InChI is InChI=1S/C11H14FNO/c1-7-2-3-10(12)11(4-7)14-9-5-8(13)6-9/h2-4,8-9H,5-6,13H2,1H3. The van der Waals surface area contributed by atoms with Gasteiger partial charge in [-0.1, -0.05) is 6.07 Å². The van der Waals surface area contributed by atoms with E-state index in [1.54, 1.807) is 12.1 Å². The van der Waals surface area contributed by atoms with Gasteiger partial charge in [0, 0.05) is 6.04 Å². The molecular formula is C11H14FNO. The molecule has 2 N–H and O–H groups in total. The maximum Gasteiger partial charge on any atom is 0.165 e. The molecule has 0 amide bonds. The Kier molecular flexibility index (Phi) is 2.42. The SMILES string of the molecule is Cc1ccc(F)c(OC2CC(N)C2)c1. The summed E-state index contributed by atoms with van der Waals surface area (Å²) in [5, 5.41) is 0. The zero-order valence-corrected chi connectivity index (χ0v) is 8.16. The van der Waals surface area contributed by atoms with E-state index in [0.717, 1.165) is 18.4 Å². The van der Waals surface area contributed by atoms with Crippen LogP contribution in [0, 0.1) is 12.7 Å². The molecule has 0 atom stereocenters. The third-order valence-corrected chi connectivity index (χ3v) is 2.51. The lowest BCUT2D eigenvalue weighted by Gasteiger charge is -2.32. The number of ether oxygens (including phenoxy) is 1. The Hall–Kier alpha value is -1.09. The van der Waals surface area contributed by atoms with Crippen LogP contribution in [0.4, 0.5) is 4.39 Å². The lowest BCUT2D eigenvalue weighted by Crippen LogP contribution is -2.43. The first-order chi connectivity index (χ1) is 6.65. The van der Waals surface area contributed by atoms with Gasteiger partial charge in [0.2, 0.25) is 0 Å². The molecule has 1 fully saturated rings. The minimum Gasteiger partial charge on any atom is -0.487 e. The maximum atomic E-state index is 13.2. The minimum atomic E-state index is -0.295. The Labute approximate surface area is 82.9 Å². The fraction of sp³-hybridized carbons (Fsp3) is 0.455. The molecule has 1 saturated carbocycles. The van der Waals surface area contributed by atoms with Gasteiger partial charge in [-0.2, -0.15) is 0 Å². The summed E-state index contributed by atoms with van der Waals surface area (Å²) < 4.78 is 18.7. The molecule has 0 unspecified atom stereocenters. The molecule has 14 heavy (non-hydrogen) atoms. The van der Waals surface area contributed by atoms with Crippen molar-refractivity contribution in [1.29, 1.82) is 0 Å². The van der Waals surface area contributed by atoms with Crippen molar-refractivity contribution >= 4 is 0 Å². The van der Waals surface area contributed by atoms with Crippen molar-refractivity contribution in [2.45, 2.75) is 31.9 Å². The lowest BCUT2D eigenvalue weighted by atomic mass is 9.90. The highest BCUT2D eigenvalue weighted by Gasteiger charge is 2.28. The van der Waals surface area contributed by atoms with Gasteiger partial charge in [0.25, 0.3) is 0 Å². The molecule has 0 heterocycles. The van der Waals surface area contributed by atoms with Crippen molar-refractivity contribution < 1.29 is 9.13 Å². The number of halogens is 1. The molecule has 0 saturated heterocycles. The van der Waals surface area contributed by atoms with E-state index in [2.05, 4.69) is 0 Å². The van der Waals surface area contributed by atoms with E-state index >= 15 is 0 Å². The molecule has 0 aliphatic heterocycles. The van der Waals surface area contributed by atoms with E-state index in [1.165, 1.54) is 6.07 Å². The Bertz CT molecular complexity index is 334. The fourth-order valence-electron chi connectivity index (χ4n) is 1.58. The molecule has 1 aromatic rings. The largest absolute Gasteiger partial charge is 0.487 e. The first-order valence-corrected chi connectivity index (χ1v) is 4.83. The summed E-state index contributed by atoms with van der Waals surface area (Å²) in [6.45, 7) is 1.92. The Balaban J connectivity index is 2.05. The maximum absolute atomic E-state index is 13.2. The Morgan fingerprint density at radius 3 is 2.79 bits per heavy atom. The van der Waals surface area contributed by atoms with Crippen molar-refractivity contribution in [1.82, 2.24) is 0 Å². The monoisotopic (exact) mass is 195 g/mol. The lowest BCUT2D eigenvalue weighted by molar-refractivity contribution is 0.0962. The smallest absolute Gasteiger partial charge is 0.165 e. The molecule has 0 spiro atoms. The van der Waals surface area contributed by atoms with Crippen LogP contribution in [0.1, 0.15) is 18.4 Å². The van der Waals surface area contributed by atoms with E-state index < -0.39 is 0 Å². The van der Waals surface area contributed by atoms with Crippen LogP contribution in [-0.2, 0) is 0 Å². The summed E-state index contributed by atoms with van der Waals surface area (Å²) in [4.78, 5) is 0.